The lowest BCUT2D eigenvalue weighted by Crippen LogP contribution is -2.28. The van der Waals surface area contributed by atoms with Gasteiger partial charge in [0.25, 0.3) is 5.91 Å². The maximum Gasteiger partial charge on any atom is 0.416 e. The highest BCUT2D eigenvalue weighted by Crippen LogP contribution is 2.42. The number of nitrogens with zero attached hydrogens (tertiary/aromatic N) is 4. The summed E-state index contributed by atoms with van der Waals surface area (Å²) >= 11 is 3.27. The first-order valence-corrected chi connectivity index (χ1v) is 10.3. The normalized spacial score (nSPS) is 14.9. The molecule has 10 heteroatoms. The Balaban J connectivity index is 1.61. The van der Waals surface area contributed by atoms with E-state index in [4.69, 9.17) is 0 Å². The van der Waals surface area contributed by atoms with Crippen LogP contribution in [0.4, 0.5) is 13.2 Å². The van der Waals surface area contributed by atoms with Crippen LogP contribution in [0, 0.1) is 0 Å². The third kappa shape index (κ3) is 4.90. The SMILES string of the molecule is CC(NC(=O)c1cc(C2CC2)cc(C(F)(F)F)c1)c1nccnc1-c1ncc(Br)cn1. The molecule has 160 valence electrons. The lowest BCUT2D eigenvalue weighted by molar-refractivity contribution is -0.137. The van der Waals surface area contributed by atoms with Crippen molar-refractivity contribution in [2.24, 2.45) is 0 Å². The number of benzene rings is 1. The second-order valence-electron chi connectivity index (χ2n) is 7.33. The van der Waals surface area contributed by atoms with Gasteiger partial charge in [0, 0.05) is 30.4 Å². The van der Waals surface area contributed by atoms with Gasteiger partial charge >= 0.3 is 6.18 Å². The highest BCUT2D eigenvalue weighted by Gasteiger charge is 2.34. The van der Waals surface area contributed by atoms with Crippen LogP contribution in [0.3, 0.4) is 0 Å². The Labute approximate surface area is 184 Å². The third-order valence-electron chi connectivity index (χ3n) is 4.91. The topological polar surface area (TPSA) is 80.7 Å². The lowest BCUT2D eigenvalue weighted by Gasteiger charge is -2.17. The van der Waals surface area contributed by atoms with Gasteiger partial charge < -0.3 is 5.32 Å². The summed E-state index contributed by atoms with van der Waals surface area (Å²) in [6.07, 6.45) is 3.20. The van der Waals surface area contributed by atoms with E-state index in [2.05, 4.69) is 41.2 Å². The summed E-state index contributed by atoms with van der Waals surface area (Å²) in [5.41, 5.74) is 0.473. The fourth-order valence-corrected chi connectivity index (χ4v) is 3.42. The van der Waals surface area contributed by atoms with Crippen LogP contribution in [0.5, 0.6) is 0 Å². The number of rotatable bonds is 5. The zero-order valence-electron chi connectivity index (χ0n) is 16.3. The molecule has 1 N–H and O–H groups in total. The monoisotopic (exact) mass is 491 g/mol. The predicted molar refractivity (Wildman–Crippen MR) is 110 cm³/mol. The van der Waals surface area contributed by atoms with E-state index in [0.29, 0.717) is 27.2 Å². The van der Waals surface area contributed by atoms with E-state index in [1.54, 1.807) is 19.3 Å². The van der Waals surface area contributed by atoms with Gasteiger partial charge in [-0.2, -0.15) is 13.2 Å². The predicted octanol–water partition coefficient (Wildman–Crippen LogP) is 5.08. The Morgan fingerprint density at radius 1 is 1.10 bits per heavy atom. The number of hydrogen-bond donors (Lipinski definition) is 1. The number of halogens is 4. The molecule has 0 bridgehead atoms. The molecule has 2 heterocycles. The van der Waals surface area contributed by atoms with E-state index in [1.807, 2.05) is 0 Å². The van der Waals surface area contributed by atoms with Gasteiger partial charge in [0.05, 0.1) is 21.8 Å². The van der Waals surface area contributed by atoms with Crippen LogP contribution in [-0.4, -0.2) is 25.8 Å². The zero-order chi connectivity index (χ0) is 22.2. The van der Waals surface area contributed by atoms with Crippen LogP contribution in [0.15, 0.2) is 47.5 Å². The van der Waals surface area contributed by atoms with Gasteiger partial charge in [-0.1, -0.05) is 0 Å². The molecule has 1 saturated carbocycles. The Morgan fingerprint density at radius 3 is 2.42 bits per heavy atom. The first-order valence-electron chi connectivity index (χ1n) is 9.54. The van der Waals surface area contributed by atoms with Crippen LogP contribution in [0.2, 0.25) is 0 Å². The van der Waals surface area contributed by atoms with Gasteiger partial charge in [-0.3, -0.25) is 9.78 Å². The van der Waals surface area contributed by atoms with Crippen molar-refractivity contribution in [3.63, 3.8) is 0 Å². The van der Waals surface area contributed by atoms with Crippen molar-refractivity contribution in [3.8, 4) is 11.5 Å². The smallest absolute Gasteiger partial charge is 0.344 e. The molecule has 3 aromatic rings. The van der Waals surface area contributed by atoms with Crippen molar-refractivity contribution in [1.29, 1.82) is 0 Å². The second kappa shape index (κ2) is 8.33. The number of nitrogens with one attached hydrogen (secondary N) is 1. The molecule has 1 aromatic carbocycles. The molecule has 1 fully saturated rings. The van der Waals surface area contributed by atoms with Crippen LogP contribution < -0.4 is 5.32 Å². The van der Waals surface area contributed by atoms with Crippen LogP contribution in [-0.2, 0) is 6.18 Å². The summed E-state index contributed by atoms with van der Waals surface area (Å²) in [5.74, 6) is -0.219. The zero-order valence-corrected chi connectivity index (χ0v) is 17.9. The molecule has 4 rings (SSSR count). The maximum atomic E-state index is 13.3. The summed E-state index contributed by atoms with van der Waals surface area (Å²) in [4.78, 5) is 29.8. The summed E-state index contributed by atoms with van der Waals surface area (Å²) in [6, 6.07) is 2.90. The van der Waals surface area contributed by atoms with Crippen molar-refractivity contribution in [2.45, 2.75) is 37.9 Å². The molecule has 2 aromatic heterocycles. The van der Waals surface area contributed by atoms with Crippen LogP contribution in [0.25, 0.3) is 11.5 Å². The number of carbonyl (C=O) groups is 1. The van der Waals surface area contributed by atoms with Gasteiger partial charge in [0.1, 0.15) is 5.69 Å². The van der Waals surface area contributed by atoms with E-state index in [-0.39, 0.29) is 11.5 Å². The average molecular weight is 492 g/mol. The minimum atomic E-state index is -4.53. The molecule has 1 amide bonds. The molecule has 1 aliphatic rings. The van der Waals surface area contributed by atoms with E-state index in [9.17, 15) is 18.0 Å². The fourth-order valence-electron chi connectivity index (χ4n) is 3.22. The van der Waals surface area contributed by atoms with Gasteiger partial charge in [-0.15, -0.1) is 0 Å². The molecule has 1 unspecified atom stereocenters. The van der Waals surface area contributed by atoms with Crippen molar-refractivity contribution in [3.05, 3.63) is 69.8 Å². The quantitative estimate of drug-likeness (QED) is 0.537. The Hall–Kier alpha value is -2.88. The third-order valence-corrected chi connectivity index (χ3v) is 5.32. The summed E-state index contributed by atoms with van der Waals surface area (Å²) < 4.78 is 40.7. The van der Waals surface area contributed by atoms with E-state index >= 15 is 0 Å². The molecule has 0 aliphatic heterocycles. The van der Waals surface area contributed by atoms with E-state index in [1.165, 1.54) is 18.5 Å². The molecule has 0 spiro atoms. The number of hydrogen-bond acceptors (Lipinski definition) is 5. The Morgan fingerprint density at radius 2 is 1.77 bits per heavy atom. The molecule has 1 atom stereocenters. The molecular formula is C21H17BrF3N5O. The minimum Gasteiger partial charge on any atom is -0.344 e. The fraction of sp³-hybridized carbons (Fsp3) is 0.286. The summed E-state index contributed by atoms with van der Waals surface area (Å²) in [5, 5.41) is 2.73. The van der Waals surface area contributed by atoms with Gasteiger partial charge in [0.2, 0.25) is 0 Å². The average Bonchev–Trinajstić information content (AvgIpc) is 3.59. The highest BCUT2D eigenvalue weighted by molar-refractivity contribution is 9.10. The van der Waals surface area contributed by atoms with E-state index < -0.39 is 23.7 Å². The standard InChI is InChI=1S/C21H17BrF3N5O/c1-11(17-18(27-5-4-26-17)19-28-9-16(22)10-29-19)30-20(31)14-6-13(12-2-3-12)7-15(8-14)21(23,24)25/h4-12H,2-3H2,1H3,(H,30,31). The van der Waals surface area contributed by atoms with Crippen molar-refractivity contribution in [1.82, 2.24) is 25.3 Å². The maximum absolute atomic E-state index is 13.3. The van der Waals surface area contributed by atoms with Crippen LogP contribution >= 0.6 is 15.9 Å². The molecule has 0 saturated heterocycles. The van der Waals surface area contributed by atoms with E-state index in [0.717, 1.165) is 25.0 Å². The number of carbonyl (C=O) groups excluding carboxylic acids is 1. The Bertz CT molecular complexity index is 1120. The number of amides is 1. The largest absolute Gasteiger partial charge is 0.416 e. The van der Waals surface area contributed by atoms with Crippen molar-refractivity contribution < 1.29 is 18.0 Å². The van der Waals surface area contributed by atoms with Crippen LogP contribution in [0.1, 0.15) is 58.9 Å². The molecular weight excluding hydrogens is 475 g/mol. The Kier molecular flexibility index (Phi) is 5.74. The van der Waals surface area contributed by atoms with Gasteiger partial charge in [-0.05, 0) is 65.4 Å². The molecule has 31 heavy (non-hydrogen) atoms. The highest BCUT2D eigenvalue weighted by atomic mass is 79.9. The van der Waals surface area contributed by atoms with Gasteiger partial charge in [-0.25, -0.2) is 15.0 Å². The van der Waals surface area contributed by atoms with Crippen molar-refractivity contribution in [2.75, 3.05) is 0 Å². The minimum absolute atomic E-state index is 0.0334. The summed E-state index contributed by atoms with van der Waals surface area (Å²) in [6.45, 7) is 1.68. The lowest BCUT2D eigenvalue weighted by atomic mass is 10.0. The number of aromatic nitrogens is 4. The van der Waals surface area contributed by atoms with Crippen molar-refractivity contribution >= 4 is 21.8 Å². The second-order valence-corrected chi connectivity index (χ2v) is 8.24. The first-order chi connectivity index (χ1) is 14.7. The summed E-state index contributed by atoms with van der Waals surface area (Å²) in [7, 11) is 0. The van der Waals surface area contributed by atoms with Gasteiger partial charge in [0.15, 0.2) is 5.82 Å². The number of alkyl halides is 3. The molecule has 6 nitrogen and oxygen atoms in total. The molecule has 0 radical (unpaired) electrons. The molecule has 1 aliphatic carbocycles. The first kappa shape index (κ1) is 21.4.